The number of anilines is 5. The van der Waals surface area contributed by atoms with E-state index in [1.54, 1.807) is 13.3 Å². The minimum absolute atomic E-state index is 0.0815. The minimum atomic E-state index is -0.0815. The summed E-state index contributed by atoms with van der Waals surface area (Å²) in [5.74, 6) is 3.36. The van der Waals surface area contributed by atoms with Crippen LogP contribution < -0.4 is 20.7 Å². The lowest BCUT2D eigenvalue weighted by atomic mass is 10.1. The standard InChI is InChI=1S/C26H26N6O2/c1-17-14-19(7-12-22(17)34-3)15-26(33)31-21-10-8-20(9-11-21)30-24-16-25(29-18(2)28-24)32-23-6-4-5-13-27-23/h4-14,16H,15H2,1-3H3,(H,31,33)(H2,27,28,29,30,32). The van der Waals surface area contributed by atoms with E-state index in [0.717, 1.165) is 28.3 Å². The normalized spacial score (nSPS) is 10.4. The van der Waals surface area contributed by atoms with E-state index in [2.05, 4.69) is 30.9 Å². The third-order valence-electron chi connectivity index (χ3n) is 5.02. The van der Waals surface area contributed by atoms with Crippen molar-refractivity contribution in [3.8, 4) is 5.75 Å². The number of amides is 1. The van der Waals surface area contributed by atoms with Crippen LogP contribution in [0.15, 0.2) is 72.9 Å². The maximum Gasteiger partial charge on any atom is 0.228 e. The highest BCUT2D eigenvalue weighted by Crippen LogP contribution is 2.22. The van der Waals surface area contributed by atoms with Gasteiger partial charge in [0.1, 0.15) is 29.0 Å². The van der Waals surface area contributed by atoms with Gasteiger partial charge in [0.25, 0.3) is 0 Å². The fourth-order valence-electron chi connectivity index (χ4n) is 3.49. The quantitative estimate of drug-likeness (QED) is 0.338. The minimum Gasteiger partial charge on any atom is -0.496 e. The fourth-order valence-corrected chi connectivity index (χ4v) is 3.49. The van der Waals surface area contributed by atoms with E-state index in [1.807, 2.05) is 80.6 Å². The van der Waals surface area contributed by atoms with Gasteiger partial charge in [0.2, 0.25) is 5.91 Å². The molecule has 8 heteroatoms. The molecule has 0 radical (unpaired) electrons. The lowest BCUT2D eigenvalue weighted by molar-refractivity contribution is -0.115. The van der Waals surface area contributed by atoms with E-state index >= 15 is 0 Å². The molecule has 0 unspecified atom stereocenters. The smallest absolute Gasteiger partial charge is 0.228 e. The zero-order chi connectivity index (χ0) is 23.9. The molecule has 34 heavy (non-hydrogen) atoms. The van der Waals surface area contributed by atoms with Crippen LogP contribution in [-0.4, -0.2) is 28.0 Å². The van der Waals surface area contributed by atoms with Crippen molar-refractivity contribution in [2.45, 2.75) is 20.3 Å². The molecular formula is C26H26N6O2. The van der Waals surface area contributed by atoms with Crippen LogP contribution in [0.25, 0.3) is 0 Å². The number of carbonyl (C=O) groups excluding carboxylic acids is 1. The fraction of sp³-hybridized carbons (Fsp3) is 0.154. The van der Waals surface area contributed by atoms with Crippen molar-refractivity contribution in [2.24, 2.45) is 0 Å². The van der Waals surface area contributed by atoms with E-state index in [0.29, 0.717) is 23.3 Å². The summed E-state index contributed by atoms with van der Waals surface area (Å²) in [6.45, 7) is 3.79. The molecule has 2 aromatic carbocycles. The first-order valence-corrected chi connectivity index (χ1v) is 10.8. The number of hydrogen-bond acceptors (Lipinski definition) is 7. The number of rotatable bonds is 8. The highest BCUT2D eigenvalue weighted by atomic mass is 16.5. The molecular weight excluding hydrogens is 428 g/mol. The van der Waals surface area contributed by atoms with Gasteiger partial charge in [-0.2, -0.15) is 0 Å². The Morgan fingerprint density at radius 1 is 0.853 bits per heavy atom. The van der Waals surface area contributed by atoms with Crippen LogP contribution in [0.3, 0.4) is 0 Å². The van der Waals surface area contributed by atoms with Crippen molar-refractivity contribution in [2.75, 3.05) is 23.1 Å². The molecule has 172 valence electrons. The molecule has 4 rings (SSSR count). The largest absolute Gasteiger partial charge is 0.496 e. The Morgan fingerprint density at radius 2 is 1.59 bits per heavy atom. The first kappa shape index (κ1) is 22.7. The van der Waals surface area contributed by atoms with Crippen molar-refractivity contribution in [1.82, 2.24) is 15.0 Å². The second-order valence-electron chi connectivity index (χ2n) is 7.76. The monoisotopic (exact) mass is 454 g/mol. The van der Waals surface area contributed by atoms with Crippen LogP contribution in [0.2, 0.25) is 0 Å². The molecule has 0 saturated carbocycles. The molecule has 1 amide bonds. The van der Waals surface area contributed by atoms with Crippen LogP contribution >= 0.6 is 0 Å². The molecule has 0 saturated heterocycles. The Hall–Kier alpha value is -4.46. The summed E-state index contributed by atoms with van der Waals surface area (Å²) in [5.41, 5.74) is 3.49. The van der Waals surface area contributed by atoms with Gasteiger partial charge >= 0.3 is 0 Å². The van der Waals surface area contributed by atoms with E-state index in [4.69, 9.17) is 4.74 Å². The van der Waals surface area contributed by atoms with Gasteiger partial charge in [0.15, 0.2) is 0 Å². The van der Waals surface area contributed by atoms with Crippen molar-refractivity contribution < 1.29 is 9.53 Å². The van der Waals surface area contributed by atoms with Crippen LogP contribution in [0, 0.1) is 13.8 Å². The number of aromatic nitrogens is 3. The second kappa shape index (κ2) is 10.4. The number of ether oxygens (including phenoxy) is 1. The highest BCUT2D eigenvalue weighted by molar-refractivity contribution is 5.92. The summed E-state index contributed by atoms with van der Waals surface area (Å²) in [7, 11) is 1.64. The molecule has 0 fully saturated rings. The van der Waals surface area contributed by atoms with Crippen LogP contribution in [0.5, 0.6) is 5.75 Å². The molecule has 0 bridgehead atoms. The zero-order valence-electron chi connectivity index (χ0n) is 19.3. The maximum absolute atomic E-state index is 12.5. The van der Waals surface area contributed by atoms with Gasteiger partial charge in [-0.15, -0.1) is 0 Å². The first-order chi connectivity index (χ1) is 16.5. The predicted octanol–water partition coefficient (Wildman–Crippen LogP) is 5.17. The number of nitrogens with one attached hydrogen (secondary N) is 3. The molecule has 0 aliphatic heterocycles. The number of benzene rings is 2. The molecule has 0 aliphatic rings. The molecule has 0 atom stereocenters. The summed E-state index contributed by atoms with van der Waals surface area (Å²) < 4.78 is 5.27. The molecule has 8 nitrogen and oxygen atoms in total. The topological polar surface area (TPSA) is 101 Å². The third-order valence-corrected chi connectivity index (χ3v) is 5.02. The van der Waals surface area contributed by atoms with Crippen molar-refractivity contribution in [3.63, 3.8) is 0 Å². The van der Waals surface area contributed by atoms with E-state index in [1.165, 1.54) is 0 Å². The molecule has 0 spiro atoms. The predicted molar refractivity (Wildman–Crippen MR) is 134 cm³/mol. The number of hydrogen-bond donors (Lipinski definition) is 3. The Kier molecular flexibility index (Phi) is 6.98. The lowest BCUT2D eigenvalue weighted by Crippen LogP contribution is -2.14. The average Bonchev–Trinajstić information content (AvgIpc) is 2.81. The van der Waals surface area contributed by atoms with Crippen molar-refractivity contribution >= 4 is 34.7 Å². The maximum atomic E-state index is 12.5. The zero-order valence-corrected chi connectivity index (χ0v) is 19.3. The number of nitrogens with zero attached hydrogens (tertiary/aromatic N) is 3. The number of pyridine rings is 1. The Bertz CT molecular complexity index is 1280. The van der Waals surface area contributed by atoms with Crippen LogP contribution in [0.4, 0.5) is 28.8 Å². The number of carbonyl (C=O) groups is 1. The van der Waals surface area contributed by atoms with E-state index < -0.39 is 0 Å². The van der Waals surface area contributed by atoms with Gasteiger partial charge in [0, 0.05) is 23.6 Å². The van der Waals surface area contributed by atoms with E-state index in [9.17, 15) is 4.79 Å². The van der Waals surface area contributed by atoms with Gasteiger partial charge in [-0.25, -0.2) is 15.0 Å². The summed E-state index contributed by atoms with van der Waals surface area (Å²) in [5, 5.41) is 9.38. The summed E-state index contributed by atoms with van der Waals surface area (Å²) >= 11 is 0. The molecule has 2 heterocycles. The Morgan fingerprint density at radius 3 is 2.26 bits per heavy atom. The molecule has 0 aliphatic carbocycles. The van der Waals surface area contributed by atoms with E-state index in [-0.39, 0.29) is 12.3 Å². The van der Waals surface area contributed by atoms with Crippen LogP contribution in [0.1, 0.15) is 17.0 Å². The van der Waals surface area contributed by atoms with Crippen molar-refractivity contribution in [1.29, 1.82) is 0 Å². The third kappa shape index (κ3) is 6.07. The second-order valence-corrected chi connectivity index (χ2v) is 7.76. The van der Waals surface area contributed by atoms with Gasteiger partial charge < -0.3 is 20.7 Å². The van der Waals surface area contributed by atoms with Gasteiger partial charge in [-0.05, 0) is 67.4 Å². The molecule has 4 aromatic rings. The average molecular weight is 455 g/mol. The SMILES string of the molecule is COc1ccc(CC(=O)Nc2ccc(Nc3cc(Nc4ccccn4)nc(C)n3)cc2)cc1C. The van der Waals surface area contributed by atoms with Gasteiger partial charge in [0.05, 0.1) is 13.5 Å². The number of aryl methyl sites for hydroxylation is 2. The highest BCUT2D eigenvalue weighted by Gasteiger charge is 2.08. The summed E-state index contributed by atoms with van der Waals surface area (Å²) in [6.07, 6.45) is 2.00. The molecule has 3 N–H and O–H groups in total. The first-order valence-electron chi connectivity index (χ1n) is 10.8. The lowest BCUT2D eigenvalue weighted by Gasteiger charge is -2.11. The Balaban J connectivity index is 1.37. The molecule has 2 aromatic heterocycles. The summed E-state index contributed by atoms with van der Waals surface area (Å²) in [6, 6.07) is 20.7. The summed E-state index contributed by atoms with van der Waals surface area (Å²) in [4.78, 5) is 25.6. The van der Waals surface area contributed by atoms with Gasteiger partial charge in [-0.3, -0.25) is 4.79 Å². The number of methoxy groups -OCH3 is 1. The van der Waals surface area contributed by atoms with Crippen LogP contribution in [-0.2, 0) is 11.2 Å². The Labute approximate surface area is 198 Å². The van der Waals surface area contributed by atoms with Crippen molar-refractivity contribution in [3.05, 3.63) is 89.9 Å². The van der Waals surface area contributed by atoms with Gasteiger partial charge in [-0.1, -0.05) is 18.2 Å².